The predicted octanol–water partition coefficient (Wildman–Crippen LogP) is 2.57. The fourth-order valence-corrected chi connectivity index (χ4v) is 3.08. The minimum atomic E-state index is -1.21. The van der Waals surface area contributed by atoms with Gasteiger partial charge in [-0.05, 0) is 45.7 Å². The molecule has 27 heavy (non-hydrogen) atoms. The van der Waals surface area contributed by atoms with Crippen LogP contribution in [0.3, 0.4) is 0 Å². The van der Waals surface area contributed by atoms with Gasteiger partial charge in [-0.2, -0.15) is 0 Å². The van der Waals surface area contributed by atoms with E-state index >= 15 is 0 Å². The molecule has 0 aromatic heterocycles. The molecule has 7 nitrogen and oxygen atoms in total. The minimum Gasteiger partial charge on any atom is -0.450 e. The molecule has 1 heterocycles. The molecule has 0 bridgehead atoms. The Balaban J connectivity index is 2.02. The van der Waals surface area contributed by atoms with Gasteiger partial charge in [-0.1, -0.05) is 18.2 Å². The summed E-state index contributed by atoms with van der Waals surface area (Å²) >= 11 is 0. The summed E-state index contributed by atoms with van der Waals surface area (Å²) in [5, 5.41) is 2.91. The maximum atomic E-state index is 13.0. The van der Waals surface area contributed by atoms with Crippen LogP contribution >= 0.6 is 0 Å². The quantitative estimate of drug-likeness (QED) is 0.821. The molecule has 7 heteroatoms. The molecule has 1 fully saturated rings. The average Bonchev–Trinajstić information content (AvgIpc) is 2.64. The second-order valence-electron chi connectivity index (χ2n) is 7.32. The number of hydrogen-bond acceptors (Lipinski definition) is 4. The first-order chi connectivity index (χ1) is 12.7. The Bertz CT molecular complexity index is 702. The molecule has 0 spiro atoms. The molecule has 0 saturated carbocycles. The third-order valence-electron chi connectivity index (χ3n) is 4.91. The van der Waals surface area contributed by atoms with E-state index in [0.29, 0.717) is 32.8 Å². The monoisotopic (exact) mass is 375 g/mol. The fourth-order valence-electron chi connectivity index (χ4n) is 3.08. The number of rotatable bonds is 4. The third kappa shape index (κ3) is 4.59. The lowest BCUT2D eigenvalue weighted by molar-refractivity contribution is -0.147. The molecule has 0 unspecified atom stereocenters. The third-order valence-corrected chi connectivity index (χ3v) is 4.91. The van der Waals surface area contributed by atoms with Gasteiger partial charge in [0.1, 0.15) is 5.41 Å². The lowest BCUT2D eigenvalue weighted by Crippen LogP contribution is -2.55. The molecular weight excluding hydrogens is 346 g/mol. The van der Waals surface area contributed by atoms with Crippen LogP contribution in [0.2, 0.25) is 0 Å². The van der Waals surface area contributed by atoms with Crippen LogP contribution in [-0.2, 0) is 14.3 Å². The molecule has 1 aliphatic heterocycles. The van der Waals surface area contributed by atoms with Crippen LogP contribution in [0.5, 0.6) is 0 Å². The van der Waals surface area contributed by atoms with Crippen molar-refractivity contribution in [1.82, 2.24) is 9.80 Å². The zero-order valence-corrected chi connectivity index (χ0v) is 16.8. The Hall–Kier alpha value is -2.57. The molecule has 1 aromatic rings. The average molecular weight is 375 g/mol. The van der Waals surface area contributed by atoms with Crippen LogP contribution in [0, 0.1) is 19.3 Å². The number of nitrogens with one attached hydrogen (secondary N) is 1. The molecule has 2 rings (SSSR count). The van der Waals surface area contributed by atoms with Gasteiger partial charge < -0.3 is 19.9 Å². The van der Waals surface area contributed by atoms with Gasteiger partial charge in [0.15, 0.2) is 0 Å². The summed E-state index contributed by atoms with van der Waals surface area (Å²) in [6.07, 6.45) is -0.364. The number of ether oxygens (including phenoxy) is 1. The number of piperazine rings is 1. The molecule has 1 aliphatic rings. The molecule has 0 atom stereocenters. The molecule has 148 valence electrons. The second-order valence-corrected chi connectivity index (χ2v) is 7.32. The van der Waals surface area contributed by atoms with Crippen molar-refractivity contribution in [2.24, 2.45) is 5.41 Å². The highest BCUT2D eigenvalue weighted by molar-refractivity contribution is 6.10. The van der Waals surface area contributed by atoms with Crippen LogP contribution in [0.1, 0.15) is 31.9 Å². The zero-order chi connectivity index (χ0) is 20.2. The van der Waals surface area contributed by atoms with E-state index in [1.54, 1.807) is 30.6 Å². The minimum absolute atomic E-state index is 0.241. The SMILES string of the molecule is CCOC(=O)N1CCN(C(=O)C(C)(C)C(=O)Nc2c(C)cccc2C)CC1. The van der Waals surface area contributed by atoms with E-state index in [1.807, 2.05) is 32.0 Å². The van der Waals surface area contributed by atoms with Crippen LogP contribution in [-0.4, -0.2) is 60.5 Å². The lowest BCUT2D eigenvalue weighted by Gasteiger charge is -2.37. The first-order valence-electron chi connectivity index (χ1n) is 9.27. The lowest BCUT2D eigenvalue weighted by atomic mass is 9.89. The van der Waals surface area contributed by atoms with Crippen molar-refractivity contribution in [2.45, 2.75) is 34.6 Å². The predicted molar refractivity (Wildman–Crippen MR) is 104 cm³/mol. The molecule has 1 saturated heterocycles. The first-order valence-corrected chi connectivity index (χ1v) is 9.27. The summed E-state index contributed by atoms with van der Waals surface area (Å²) < 4.78 is 4.99. The summed E-state index contributed by atoms with van der Waals surface area (Å²) in [5.41, 5.74) is 1.45. The Morgan fingerprint density at radius 3 is 2.07 bits per heavy atom. The van der Waals surface area contributed by atoms with Crippen molar-refractivity contribution in [3.8, 4) is 0 Å². The Morgan fingerprint density at radius 1 is 1.04 bits per heavy atom. The molecular formula is C20H29N3O4. The maximum Gasteiger partial charge on any atom is 0.409 e. The standard InChI is InChI=1S/C20H29N3O4/c1-6-27-19(26)23-12-10-22(11-13-23)18(25)20(4,5)17(24)21-16-14(2)8-7-9-15(16)3/h7-9H,6,10-13H2,1-5H3,(H,21,24). The normalized spacial score (nSPS) is 14.7. The summed E-state index contributed by atoms with van der Waals surface area (Å²) in [6, 6.07) is 5.78. The molecule has 1 aromatic carbocycles. The van der Waals surface area contributed by atoms with Gasteiger partial charge in [0, 0.05) is 31.9 Å². The molecule has 3 amide bonds. The molecule has 0 radical (unpaired) electrons. The van der Waals surface area contributed by atoms with E-state index in [0.717, 1.165) is 16.8 Å². The smallest absolute Gasteiger partial charge is 0.409 e. The van der Waals surface area contributed by atoms with Crippen LogP contribution < -0.4 is 5.32 Å². The van der Waals surface area contributed by atoms with Gasteiger partial charge in [0.05, 0.1) is 6.61 Å². The van der Waals surface area contributed by atoms with Crippen molar-refractivity contribution >= 4 is 23.6 Å². The van der Waals surface area contributed by atoms with E-state index in [9.17, 15) is 14.4 Å². The Kier molecular flexibility index (Phi) is 6.46. The number of aryl methyl sites for hydroxylation is 2. The zero-order valence-electron chi connectivity index (χ0n) is 16.8. The number of anilines is 1. The highest BCUT2D eigenvalue weighted by Gasteiger charge is 2.40. The topological polar surface area (TPSA) is 79.0 Å². The van der Waals surface area contributed by atoms with E-state index in [2.05, 4.69) is 5.32 Å². The summed E-state index contributed by atoms with van der Waals surface area (Å²) in [7, 11) is 0. The summed E-state index contributed by atoms with van der Waals surface area (Å²) in [4.78, 5) is 40.8. The number of carbonyl (C=O) groups is 3. The van der Waals surface area contributed by atoms with Crippen molar-refractivity contribution < 1.29 is 19.1 Å². The number of amides is 3. The van der Waals surface area contributed by atoms with Gasteiger partial charge >= 0.3 is 6.09 Å². The van der Waals surface area contributed by atoms with Gasteiger partial charge in [0.2, 0.25) is 11.8 Å². The van der Waals surface area contributed by atoms with Gasteiger partial charge in [-0.3, -0.25) is 9.59 Å². The molecule has 1 N–H and O–H groups in total. The number of para-hydroxylation sites is 1. The maximum absolute atomic E-state index is 13.0. The largest absolute Gasteiger partial charge is 0.450 e. The number of hydrogen-bond donors (Lipinski definition) is 1. The number of benzene rings is 1. The molecule has 0 aliphatic carbocycles. The first kappa shape index (κ1) is 20.7. The fraction of sp³-hybridized carbons (Fsp3) is 0.550. The van der Waals surface area contributed by atoms with Crippen molar-refractivity contribution in [1.29, 1.82) is 0 Å². The van der Waals surface area contributed by atoms with Crippen LogP contribution in [0.15, 0.2) is 18.2 Å². The number of nitrogens with zero attached hydrogens (tertiary/aromatic N) is 2. The van der Waals surface area contributed by atoms with Gasteiger partial charge in [-0.15, -0.1) is 0 Å². The van der Waals surface area contributed by atoms with E-state index in [1.165, 1.54) is 0 Å². The van der Waals surface area contributed by atoms with Crippen LogP contribution in [0.4, 0.5) is 10.5 Å². The summed E-state index contributed by atoms with van der Waals surface area (Å²) in [5.74, 6) is -0.576. The van der Waals surface area contributed by atoms with E-state index < -0.39 is 5.41 Å². The number of carbonyl (C=O) groups excluding carboxylic acids is 3. The Labute approximate surface area is 160 Å². The second kappa shape index (κ2) is 8.41. The van der Waals surface area contributed by atoms with E-state index in [-0.39, 0.29) is 17.9 Å². The Morgan fingerprint density at radius 2 is 1.56 bits per heavy atom. The van der Waals surface area contributed by atoms with Gasteiger partial charge in [-0.25, -0.2) is 4.79 Å². The van der Waals surface area contributed by atoms with Crippen molar-refractivity contribution in [3.05, 3.63) is 29.3 Å². The summed E-state index contributed by atoms with van der Waals surface area (Å²) in [6.45, 7) is 10.8. The van der Waals surface area contributed by atoms with Crippen molar-refractivity contribution in [3.63, 3.8) is 0 Å². The van der Waals surface area contributed by atoms with E-state index in [4.69, 9.17) is 4.74 Å². The highest BCUT2D eigenvalue weighted by Crippen LogP contribution is 2.26. The van der Waals surface area contributed by atoms with Gasteiger partial charge in [0.25, 0.3) is 0 Å². The van der Waals surface area contributed by atoms with Crippen LogP contribution in [0.25, 0.3) is 0 Å². The van der Waals surface area contributed by atoms with Crippen molar-refractivity contribution in [2.75, 3.05) is 38.1 Å². The highest BCUT2D eigenvalue weighted by atomic mass is 16.6.